The summed E-state index contributed by atoms with van der Waals surface area (Å²) in [5.74, 6) is -0.00620. The predicted molar refractivity (Wildman–Crippen MR) is 82.4 cm³/mol. The van der Waals surface area contributed by atoms with Crippen LogP contribution in [0.2, 0.25) is 0 Å². The molecule has 0 aromatic carbocycles. The minimum absolute atomic E-state index is 0.0120. The molecule has 3 atom stereocenters. The van der Waals surface area contributed by atoms with Crippen molar-refractivity contribution in [2.45, 2.75) is 52.1 Å². The second kappa shape index (κ2) is 6.86. The maximum atomic E-state index is 12.9. The topological polar surface area (TPSA) is 67.9 Å². The van der Waals surface area contributed by atoms with Gasteiger partial charge in [0.1, 0.15) is 6.04 Å². The number of nitrogens with zero attached hydrogens (tertiary/aromatic N) is 1. The zero-order chi connectivity index (χ0) is 16.3. The number of carbonyl (C=O) groups is 2. The molecule has 0 aromatic heterocycles. The van der Waals surface area contributed by atoms with Crippen LogP contribution in [0.4, 0.5) is 4.79 Å². The Bertz CT molecular complexity index is 418. The first kappa shape index (κ1) is 17.1. The molecule has 0 saturated carbocycles. The molecule has 126 valence electrons. The van der Waals surface area contributed by atoms with E-state index in [2.05, 4.69) is 17.0 Å². The Morgan fingerprint density at radius 1 is 1.41 bits per heavy atom. The largest absolute Gasteiger partial charge is 0.453 e. The molecule has 22 heavy (non-hydrogen) atoms. The van der Waals surface area contributed by atoms with Gasteiger partial charge < -0.3 is 19.7 Å². The summed E-state index contributed by atoms with van der Waals surface area (Å²) in [6, 6.07) is -0.371. The van der Waals surface area contributed by atoms with Crippen LogP contribution in [0, 0.1) is 11.3 Å². The van der Waals surface area contributed by atoms with Crippen molar-refractivity contribution in [3.63, 3.8) is 0 Å². The van der Waals surface area contributed by atoms with Crippen molar-refractivity contribution < 1.29 is 19.1 Å². The summed E-state index contributed by atoms with van der Waals surface area (Å²) in [6.07, 6.45) is 2.58. The molecule has 1 N–H and O–H groups in total. The molecule has 0 aromatic rings. The number of hydrogen-bond acceptors (Lipinski definition) is 4. The number of carbonyl (C=O) groups excluding carboxylic acids is 2. The summed E-state index contributed by atoms with van der Waals surface area (Å²) >= 11 is 0. The van der Waals surface area contributed by atoms with Crippen LogP contribution in [0.15, 0.2) is 0 Å². The number of rotatable bonds is 3. The SMILES string of the molecule is COC(=O)N[C@H](C(=O)N1C[C@]2(CCCOC2)C[C@H]1C)C(C)C. The zero-order valence-electron chi connectivity index (χ0n) is 14.1. The molecule has 2 fully saturated rings. The summed E-state index contributed by atoms with van der Waals surface area (Å²) < 4.78 is 10.3. The van der Waals surface area contributed by atoms with E-state index < -0.39 is 12.1 Å². The smallest absolute Gasteiger partial charge is 0.407 e. The van der Waals surface area contributed by atoms with Gasteiger partial charge in [-0.2, -0.15) is 0 Å². The zero-order valence-corrected chi connectivity index (χ0v) is 14.1. The average Bonchev–Trinajstić information content (AvgIpc) is 2.80. The van der Waals surface area contributed by atoms with Crippen molar-refractivity contribution in [3.8, 4) is 0 Å². The molecule has 2 amide bonds. The van der Waals surface area contributed by atoms with Crippen LogP contribution in [-0.2, 0) is 14.3 Å². The fourth-order valence-corrected chi connectivity index (χ4v) is 3.69. The first-order valence-corrected chi connectivity index (χ1v) is 8.11. The van der Waals surface area contributed by atoms with Gasteiger partial charge in [-0.15, -0.1) is 0 Å². The molecule has 6 heteroatoms. The highest BCUT2D eigenvalue weighted by Gasteiger charge is 2.46. The Labute approximate surface area is 132 Å². The standard InChI is InChI=1S/C16H28N2O4/c1-11(2)13(17-15(20)21-4)14(19)18-9-16(8-12(18)3)6-5-7-22-10-16/h11-13H,5-10H2,1-4H3,(H,17,20)/t12-,13+,16+/m1/s1. The fourth-order valence-electron chi connectivity index (χ4n) is 3.69. The molecule has 2 heterocycles. The van der Waals surface area contributed by atoms with Gasteiger partial charge in [-0.3, -0.25) is 4.79 Å². The molecule has 6 nitrogen and oxygen atoms in total. The number of likely N-dealkylation sites (tertiary alicyclic amines) is 1. The van der Waals surface area contributed by atoms with Crippen LogP contribution >= 0.6 is 0 Å². The van der Waals surface area contributed by atoms with Gasteiger partial charge >= 0.3 is 6.09 Å². The maximum Gasteiger partial charge on any atom is 0.407 e. The first-order valence-electron chi connectivity index (χ1n) is 8.11. The number of alkyl carbamates (subject to hydrolysis) is 1. The Balaban J connectivity index is 2.08. The average molecular weight is 312 g/mol. The number of methoxy groups -OCH3 is 1. The van der Waals surface area contributed by atoms with Crippen LogP contribution in [0.25, 0.3) is 0 Å². The number of nitrogens with one attached hydrogen (secondary N) is 1. The molecular weight excluding hydrogens is 284 g/mol. The van der Waals surface area contributed by atoms with Gasteiger partial charge in [-0.25, -0.2) is 4.79 Å². The Morgan fingerprint density at radius 3 is 2.68 bits per heavy atom. The van der Waals surface area contributed by atoms with E-state index in [4.69, 9.17) is 4.74 Å². The first-order chi connectivity index (χ1) is 10.4. The minimum atomic E-state index is -0.561. The minimum Gasteiger partial charge on any atom is -0.453 e. The van der Waals surface area contributed by atoms with Crippen molar-refractivity contribution in [2.24, 2.45) is 11.3 Å². The van der Waals surface area contributed by atoms with Crippen molar-refractivity contribution in [3.05, 3.63) is 0 Å². The predicted octanol–water partition coefficient (Wildman–Crippen LogP) is 1.78. The summed E-state index contributed by atoms with van der Waals surface area (Å²) in [7, 11) is 1.31. The molecule has 2 aliphatic rings. The van der Waals surface area contributed by atoms with E-state index in [1.165, 1.54) is 7.11 Å². The lowest BCUT2D eigenvalue weighted by atomic mass is 9.81. The molecule has 2 rings (SSSR count). The second-order valence-corrected chi connectivity index (χ2v) is 7.03. The fraction of sp³-hybridized carbons (Fsp3) is 0.875. The van der Waals surface area contributed by atoms with E-state index in [1.54, 1.807) is 0 Å². The van der Waals surface area contributed by atoms with Crippen LogP contribution < -0.4 is 5.32 Å². The Hall–Kier alpha value is -1.30. The lowest BCUT2D eigenvalue weighted by Gasteiger charge is -2.34. The van der Waals surface area contributed by atoms with E-state index in [9.17, 15) is 9.59 Å². The van der Waals surface area contributed by atoms with Gasteiger partial charge in [-0.1, -0.05) is 13.8 Å². The lowest BCUT2D eigenvalue weighted by molar-refractivity contribution is -0.135. The van der Waals surface area contributed by atoms with Crippen LogP contribution in [0.1, 0.15) is 40.0 Å². The lowest BCUT2D eigenvalue weighted by Crippen LogP contribution is -2.52. The van der Waals surface area contributed by atoms with E-state index in [0.717, 1.165) is 39.0 Å². The molecule has 0 aliphatic carbocycles. The molecule has 0 bridgehead atoms. The van der Waals surface area contributed by atoms with Gasteiger partial charge in [0, 0.05) is 24.6 Å². The van der Waals surface area contributed by atoms with Gasteiger partial charge in [0.05, 0.1) is 13.7 Å². The molecule has 2 saturated heterocycles. The molecule has 2 aliphatic heterocycles. The van der Waals surface area contributed by atoms with Gasteiger partial charge in [0.25, 0.3) is 0 Å². The van der Waals surface area contributed by atoms with E-state index in [1.807, 2.05) is 18.7 Å². The van der Waals surface area contributed by atoms with E-state index in [0.29, 0.717) is 0 Å². The summed E-state index contributed by atoms with van der Waals surface area (Å²) in [4.78, 5) is 26.3. The maximum absolute atomic E-state index is 12.9. The van der Waals surface area contributed by atoms with Crippen molar-refractivity contribution >= 4 is 12.0 Å². The highest BCUT2D eigenvalue weighted by molar-refractivity contribution is 5.86. The molecular formula is C16H28N2O4. The van der Waals surface area contributed by atoms with E-state index in [-0.39, 0.29) is 23.3 Å². The number of hydrogen-bond donors (Lipinski definition) is 1. The monoisotopic (exact) mass is 312 g/mol. The number of amides is 2. The third kappa shape index (κ3) is 3.54. The number of ether oxygens (including phenoxy) is 2. The van der Waals surface area contributed by atoms with Crippen LogP contribution in [0.5, 0.6) is 0 Å². The van der Waals surface area contributed by atoms with Crippen LogP contribution in [0.3, 0.4) is 0 Å². The van der Waals surface area contributed by atoms with Crippen LogP contribution in [-0.4, -0.2) is 55.9 Å². The normalized spacial score (nSPS) is 29.7. The molecule has 0 radical (unpaired) electrons. The third-order valence-electron chi connectivity index (χ3n) is 4.84. The van der Waals surface area contributed by atoms with E-state index >= 15 is 0 Å². The van der Waals surface area contributed by atoms with Gasteiger partial charge in [0.2, 0.25) is 5.91 Å². The Morgan fingerprint density at radius 2 is 2.14 bits per heavy atom. The van der Waals surface area contributed by atoms with Gasteiger partial charge in [0.15, 0.2) is 0 Å². The van der Waals surface area contributed by atoms with Crippen molar-refractivity contribution in [1.82, 2.24) is 10.2 Å². The quantitative estimate of drug-likeness (QED) is 0.862. The highest BCUT2D eigenvalue weighted by Crippen LogP contribution is 2.41. The highest BCUT2D eigenvalue weighted by atomic mass is 16.5. The summed E-state index contributed by atoms with van der Waals surface area (Å²) in [6.45, 7) is 8.22. The molecule has 1 spiro atoms. The summed E-state index contributed by atoms with van der Waals surface area (Å²) in [5.41, 5.74) is 0.0973. The van der Waals surface area contributed by atoms with Crippen molar-refractivity contribution in [2.75, 3.05) is 26.9 Å². The second-order valence-electron chi connectivity index (χ2n) is 7.03. The molecule has 0 unspecified atom stereocenters. The van der Waals surface area contributed by atoms with Crippen molar-refractivity contribution in [1.29, 1.82) is 0 Å². The Kier molecular flexibility index (Phi) is 5.32. The third-order valence-corrected chi connectivity index (χ3v) is 4.84. The van der Waals surface area contributed by atoms with Gasteiger partial charge in [-0.05, 0) is 32.1 Å². The summed E-state index contributed by atoms with van der Waals surface area (Å²) in [5, 5.41) is 2.67.